The van der Waals surface area contributed by atoms with Crippen molar-refractivity contribution in [3.8, 4) is 5.75 Å². The number of nitrogens with one attached hydrogen (secondary N) is 1. The summed E-state index contributed by atoms with van der Waals surface area (Å²) in [4.78, 5) is 29.1. The second-order valence-electron chi connectivity index (χ2n) is 9.05. The van der Waals surface area contributed by atoms with Crippen molar-refractivity contribution in [2.24, 2.45) is 10.1 Å². The largest absolute Gasteiger partial charge is 0.423 e. The van der Waals surface area contributed by atoms with Crippen LogP contribution in [-0.4, -0.2) is 32.9 Å². The highest BCUT2D eigenvalue weighted by molar-refractivity contribution is 8.26. The van der Waals surface area contributed by atoms with Crippen LogP contribution in [0.2, 0.25) is 0 Å². The lowest BCUT2D eigenvalue weighted by Gasteiger charge is -2.20. The number of aliphatic imine (C=N–C) groups is 1. The predicted octanol–water partition coefficient (Wildman–Crippen LogP) is 5.62. The molecule has 0 atom stereocenters. The molecule has 8 heteroatoms. The lowest BCUT2D eigenvalue weighted by molar-refractivity contribution is -0.114. The van der Waals surface area contributed by atoms with Gasteiger partial charge in [0.15, 0.2) is 5.84 Å². The topological polar surface area (TPSA) is 95.2 Å². The number of ether oxygens (including phenoxy) is 1. The average molecular weight is 475 g/mol. The molecule has 2 aliphatic rings. The number of esters is 1. The molecule has 0 aromatic heterocycles. The van der Waals surface area contributed by atoms with Gasteiger partial charge in [0.25, 0.3) is 5.91 Å². The molecule has 7 nitrogen and oxygen atoms in total. The van der Waals surface area contributed by atoms with Crippen molar-refractivity contribution in [2.75, 3.05) is 0 Å². The van der Waals surface area contributed by atoms with Crippen molar-refractivity contribution >= 4 is 45.8 Å². The van der Waals surface area contributed by atoms with E-state index in [-0.39, 0.29) is 16.8 Å². The van der Waals surface area contributed by atoms with Gasteiger partial charge in [-0.05, 0) is 71.5 Å². The van der Waals surface area contributed by atoms with Crippen molar-refractivity contribution in [1.29, 1.82) is 5.41 Å². The summed E-state index contributed by atoms with van der Waals surface area (Å²) in [6.45, 7) is 8.40. The Balaban J connectivity index is 1.46. The van der Waals surface area contributed by atoms with Crippen LogP contribution >= 0.6 is 11.8 Å². The molecule has 0 spiro atoms. The van der Waals surface area contributed by atoms with Crippen LogP contribution in [0.5, 0.6) is 5.75 Å². The van der Waals surface area contributed by atoms with E-state index in [0.29, 0.717) is 22.0 Å². The number of amidine groups is 2. The fourth-order valence-corrected chi connectivity index (χ4v) is 4.40. The maximum atomic E-state index is 12.5. The first kappa shape index (κ1) is 23.6. The van der Waals surface area contributed by atoms with Gasteiger partial charge in [0.2, 0.25) is 5.17 Å². The number of fused-ring (bicyclic) bond motifs is 1. The number of hydrogen-bond acceptors (Lipinski definition) is 6. The minimum atomic E-state index is -0.467. The van der Waals surface area contributed by atoms with Crippen molar-refractivity contribution < 1.29 is 14.3 Å². The molecule has 2 aliphatic heterocycles. The summed E-state index contributed by atoms with van der Waals surface area (Å²) in [5.74, 6) is -0.513. The quantitative estimate of drug-likeness (QED) is 0.345. The molecule has 1 amide bonds. The molecule has 0 unspecified atom stereocenters. The zero-order valence-corrected chi connectivity index (χ0v) is 20.4. The molecule has 0 fully saturated rings. The van der Waals surface area contributed by atoms with Crippen LogP contribution in [0.15, 0.2) is 64.2 Å². The fourth-order valence-electron chi connectivity index (χ4n) is 3.42. The Morgan fingerprint density at radius 3 is 2.41 bits per heavy atom. The Labute approximate surface area is 203 Å². The fraction of sp³-hybridized carbons (Fsp3) is 0.269. The molecule has 2 aromatic rings. The van der Waals surface area contributed by atoms with Crippen LogP contribution in [0, 0.1) is 5.41 Å². The normalized spacial score (nSPS) is 16.9. The monoisotopic (exact) mass is 474 g/mol. The van der Waals surface area contributed by atoms with Crippen LogP contribution in [0.1, 0.15) is 62.0 Å². The number of nitrogens with zero attached hydrogens (tertiary/aromatic N) is 3. The van der Waals surface area contributed by atoms with Gasteiger partial charge in [-0.25, -0.2) is 4.79 Å². The minimum absolute atomic E-state index is 0.00260. The number of carbonyl (C=O) groups is 2. The predicted molar refractivity (Wildman–Crippen MR) is 136 cm³/mol. The molecule has 0 aliphatic carbocycles. The second-order valence-corrected chi connectivity index (χ2v) is 10.1. The molecule has 0 saturated carbocycles. The van der Waals surface area contributed by atoms with Crippen molar-refractivity contribution in [3.63, 3.8) is 0 Å². The van der Waals surface area contributed by atoms with Gasteiger partial charge in [-0.1, -0.05) is 52.0 Å². The summed E-state index contributed by atoms with van der Waals surface area (Å²) in [6.07, 6.45) is 3.30. The van der Waals surface area contributed by atoms with Crippen LogP contribution in [0.3, 0.4) is 0 Å². The van der Waals surface area contributed by atoms with E-state index >= 15 is 0 Å². The number of rotatable bonds is 5. The van der Waals surface area contributed by atoms with Gasteiger partial charge in [0.1, 0.15) is 10.8 Å². The number of carbonyl (C=O) groups excluding carboxylic acids is 2. The van der Waals surface area contributed by atoms with Gasteiger partial charge in [-0.3, -0.25) is 10.2 Å². The Bertz CT molecular complexity index is 1240. The molecular weight excluding hydrogens is 448 g/mol. The Morgan fingerprint density at radius 2 is 1.79 bits per heavy atom. The van der Waals surface area contributed by atoms with Gasteiger partial charge in [0.05, 0.1) is 11.1 Å². The summed E-state index contributed by atoms with van der Waals surface area (Å²) >= 11 is 1.33. The van der Waals surface area contributed by atoms with Crippen molar-refractivity contribution in [1.82, 2.24) is 5.01 Å². The summed E-state index contributed by atoms with van der Waals surface area (Å²) in [5.41, 5.74) is 2.47. The number of thioether (sulfide) groups is 1. The first-order valence-electron chi connectivity index (χ1n) is 11.1. The maximum Gasteiger partial charge on any atom is 0.343 e. The van der Waals surface area contributed by atoms with Crippen LogP contribution < -0.4 is 4.74 Å². The first-order valence-corrected chi connectivity index (χ1v) is 11.9. The highest BCUT2D eigenvalue weighted by Gasteiger charge is 2.35. The van der Waals surface area contributed by atoms with Gasteiger partial charge >= 0.3 is 5.97 Å². The molecule has 174 valence electrons. The first-order chi connectivity index (χ1) is 16.2. The third kappa shape index (κ3) is 5.02. The van der Waals surface area contributed by atoms with E-state index in [1.165, 1.54) is 16.8 Å². The Kier molecular flexibility index (Phi) is 6.52. The van der Waals surface area contributed by atoms with E-state index in [9.17, 15) is 9.59 Å². The minimum Gasteiger partial charge on any atom is -0.423 e. The summed E-state index contributed by atoms with van der Waals surface area (Å²) in [6, 6.07) is 14.2. The third-order valence-corrected chi connectivity index (χ3v) is 6.32. The molecule has 4 rings (SSSR count). The zero-order chi connectivity index (χ0) is 24.5. The summed E-state index contributed by atoms with van der Waals surface area (Å²) < 4.78 is 5.49. The molecule has 2 aromatic carbocycles. The van der Waals surface area contributed by atoms with E-state index in [2.05, 4.69) is 30.9 Å². The molecule has 0 radical (unpaired) electrons. The van der Waals surface area contributed by atoms with Gasteiger partial charge in [0, 0.05) is 0 Å². The lowest BCUT2D eigenvalue weighted by atomic mass is 9.87. The van der Waals surface area contributed by atoms with E-state index in [1.807, 2.05) is 19.1 Å². The Hall–Kier alpha value is -3.52. The molecular formula is C26H26N4O3S. The molecule has 0 saturated heterocycles. The smallest absolute Gasteiger partial charge is 0.343 e. The summed E-state index contributed by atoms with van der Waals surface area (Å²) in [7, 11) is 0. The van der Waals surface area contributed by atoms with Crippen molar-refractivity contribution in [2.45, 2.75) is 46.0 Å². The highest BCUT2D eigenvalue weighted by Crippen LogP contribution is 2.30. The second kappa shape index (κ2) is 9.38. The van der Waals surface area contributed by atoms with E-state index in [1.54, 1.807) is 42.5 Å². The number of hydrazone groups is 1. The van der Waals surface area contributed by atoms with E-state index in [0.717, 1.165) is 23.4 Å². The molecule has 34 heavy (non-hydrogen) atoms. The maximum absolute atomic E-state index is 12.5. The van der Waals surface area contributed by atoms with Crippen LogP contribution in [0.4, 0.5) is 0 Å². The van der Waals surface area contributed by atoms with Gasteiger partial charge in [-0.2, -0.15) is 15.1 Å². The van der Waals surface area contributed by atoms with Gasteiger partial charge in [-0.15, -0.1) is 0 Å². The van der Waals surface area contributed by atoms with Crippen molar-refractivity contribution in [3.05, 3.63) is 70.8 Å². The van der Waals surface area contributed by atoms with Gasteiger partial charge < -0.3 is 4.74 Å². The molecule has 1 N–H and O–H groups in total. The van der Waals surface area contributed by atoms with Crippen LogP contribution in [0.25, 0.3) is 6.08 Å². The third-order valence-electron chi connectivity index (χ3n) is 5.35. The standard InChI is InChI=1S/C26H26N4O3S/c1-5-6-21-29-30-22(27)20(23(31)28-25(30)34-21)15-16-7-13-19(14-8-16)33-24(32)17-9-11-18(12-10-17)26(2,3)4/h7-15,27H,5-6H2,1-4H3. The molecule has 0 bridgehead atoms. The lowest BCUT2D eigenvalue weighted by Crippen LogP contribution is -2.35. The Morgan fingerprint density at radius 1 is 1.12 bits per heavy atom. The highest BCUT2D eigenvalue weighted by atomic mass is 32.2. The summed E-state index contributed by atoms with van der Waals surface area (Å²) in [5, 5.41) is 15.5. The van der Waals surface area contributed by atoms with Crippen LogP contribution in [-0.2, 0) is 10.2 Å². The zero-order valence-electron chi connectivity index (χ0n) is 19.6. The van der Waals surface area contributed by atoms with E-state index in [4.69, 9.17) is 10.1 Å². The SMILES string of the molecule is CCCC1=NN2C(=N)C(=Cc3ccc(OC(=O)c4ccc(C(C)(C)C)cc4)cc3)C(=O)N=C2S1. The number of hydrogen-bond donors (Lipinski definition) is 1. The van der Waals surface area contributed by atoms with E-state index < -0.39 is 11.9 Å². The average Bonchev–Trinajstić information content (AvgIpc) is 3.20. The molecule has 2 heterocycles. The number of benzene rings is 2. The number of amides is 1.